The zero-order valence-corrected chi connectivity index (χ0v) is 11.9. The van der Waals surface area contributed by atoms with Crippen molar-refractivity contribution >= 4 is 11.3 Å². The Hall–Kier alpha value is -2.06. The number of hydrogen-bond donors (Lipinski definition) is 0. The molecule has 102 valence electrons. The first kappa shape index (κ1) is 12.9. The second-order valence-electron chi connectivity index (χ2n) is 4.65. The minimum atomic E-state index is 0.368. The van der Waals surface area contributed by atoms with Gasteiger partial charge in [-0.2, -0.15) is 5.26 Å². The Morgan fingerprint density at radius 2 is 2.10 bits per heavy atom. The van der Waals surface area contributed by atoms with Crippen molar-refractivity contribution in [3.05, 3.63) is 39.8 Å². The predicted molar refractivity (Wildman–Crippen MR) is 76.1 cm³/mol. The highest BCUT2D eigenvalue weighted by atomic mass is 32.1. The van der Waals surface area contributed by atoms with Crippen LogP contribution in [0.3, 0.4) is 0 Å². The van der Waals surface area contributed by atoms with Crippen LogP contribution in [0.25, 0.3) is 0 Å². The summed E-state index contributed by atoms with van der Waals surface area (Å²) in [5, 5.41) is 9.98. The van der Waals surface area contributed by atoms with Crippen molar-refractivity contribution in [3.63, 3.8) is 0 Å². The third kappa shape index (κ3) is 2.61. The third-order valence-corrected chi connectivity index (χ3v) is 4.13. The number of nitrogens with zero attached hydrogens (tertiary/aromatic N) is 2. The van der Waals surface area contributed by atoms with Gasteiger partial charge in [0.25, 0.3) is 0 Å². The zero-order chi connectivity index (χ0) is 13.9. The quantitative estimate of drug-likeness (QED) is 0.844. The minimum Gasteiger partial charge on any atom is -0.493 e. The van der Waals surface area contributed by atoms with Gasteiger partial charge in [0.2, 0.25) is 0 Å². The van der Waals surface area contributed by atoms with Crippen LogP contribution >= 0.6 is 11.3 Å². The summed E-state index contributed by atoms with van der Waals surface area (Å²) in [7, 11) is 1.62. The van der Waals surface area contributed by atoms with Gasteiger partial charge in [0.1, 0.15) is 22.6 Å². The Morgan fingerprint density at radius 3 is 2.75 bits per heavy atom. The smallest absolute Gasteiger partial charge is 0.161 e. The molecular weight excluding hydrogens is 272 g/mol. The monoisotopic (exact) mass is 286 g/mol. The molecule has 0 saturated heterocycles. The van der Waals surface area contributed by atoms with Crippen molar-refractivity contribution in [2.45, 2.75) is 25.4 Å². The van der Waals surface area contributed by atoms with Crippen LogP contribution in [0.1, 0.15) is 34.3 Å². The molecular formula is C15H14N2O2S. The number of nitriles is 1. The Labute approximate surface area is 121 Å². The van der Waals surface area contributed by atoms with Gasteiger partial charge < -0.3 is 9.47 Å². The van der Waals surface area contributed by atoms with E-state index in [4.69, 9.17) is 14.7 Å². The van der Waals surface area contributed by atoms with E-state index in [1.807, 2.05) is 24.3 Å². The maximum atomic E-state index is 9.14. The van der Waals surface area contributed by atoms with Gasteiger partial charge in [0.15, 0.2) is 11.5 Å². The van der Waals surface area contributed by atoms with Crippen LogP contribution in [0.15, 0.2) is 24.3 Å². The summed E-state index contributed by atoms with van der Waals surface area (Å²) >= 11 is 1.42. The highest BCUT2D eigenvalue weighted by molar-refractivity contribution is 7.12. The van der Waals surface area contributed by atoms with Gasteiger partial charge in [0, 0.05) is 5.92 Å². The summed E-state index contributed by atoms with van der Waals surface area (Å²) in [6.45, 7) is 0.368. The van der Waals surface area contributed by atoms with E-state index in [1.54, 1.807) is 7.11 Å². The van der Waals surface area contributed by atoms with E-state index in [1.165, 1.54) is 11.3 Å². The largest absolute Gasteiger partial charge is 0.493 e. The minimum absolute atomic E-state index is 0.368. The van der Waals surface area contributed by atoms with Gasteiger partial charge in [-0.15, -0.1) is 11.3 Å². The number of aromatic nitrogens is 1. The van der Waals surface area contributed by atoms with Crippen molar-refractivity contribution in [2.75, 3.05) is 7.11 Å². The summed E-state index contributed by atoms with van der Waals surface area (Å²) < 4.78 is 11.0. The number of hydrogen-bond acceptors (Lipinski definition) is 5. The van der Waals surface area contributed by atoms with E-state index in [0.29, 0.717) is 24.0 Å². The predicted octanol–water partition coefficient (Wildman–Crippen LogP) is 3.48. The van der Waals surface area contributed by atoms with Crippen LogP contribution in [0.2, 0.25) is 0 Å². The molecule has 1 aromatic carbocycles. The summed E-state index contributed by atoms with van der Waals surface area (Å²) in [6, 6.07) is 9.74. The van der Waals surface area contributed by atoms with Crippen LogP contribution < -0.4 is 9.47 Å². The first-order valence-corrected chi connectivity index (χ1v) is 7.29. The molecule has 0 aliphatic heterocycles. The van der Waals surface area contributed by atoms with E-state index in [-0.39, 0.29) is 0 Å². The third-order valence-electron chi connectivity index (χ3n) is 3.18. The van der Waals surface area contributed by atoms with Crippen LogP contribution in [0.4, 0.5) is 0 Å². The highest BCUT2D eigenvalue weighted by Crippen LogP contribution is 2.42. The second kappa shape index (κ2) is 5.51. The molecule has 0 bridgehead atoms. The first-order valence-electron chi connectivity index (χ1n) is 6.47. The topological polar surface area (TPSA) is 55.1 Å². The molecule has 0 spiro atoms. The van der Waals surface area contributed by atoms with E-state index in [2.05, 4.69) is 11.1 Å². The van der Waals surface area contributed by atoms with Crippen molar-refractivity contribution in [2.24, 2.45) is 0 Å². The standard InChI is InChI=1S/C15H14N2O2S/c1-18-11-4-2-3-5-12(11)19-9-14-17-15(10-6-7-10)13(8-16)20-14/h2-5,10H,6-7,9H2,1H3. The summed E-state index contributed by atoms with van der Waals surface area (Å²) in [4.78, 5) is 5.27. The number of rotatable bonds is 5. The molecule has 20 heavy (non-hydrogen) atoms. The fraction of sp³-hybridized carbons (Fsp3) is 0.333. The van der Waals surface area contributed by atoms with Crippen molar-refractivity contribution in [3.8, 4) is 17.6 Å². The lowest BCUT2D eigenvalue weighted by atomic mass is 10.3. The number of thiazole rings is 1. The maximum absolute atomic E-state index is 9.14. The van der Waals surface area contributed by atoms with Crippen molar-refractivity contribution in [1.82, 2.24) is 4.98 Å². The molecule has 0 N–H and O–H groups in total. The molecule has 1 aliphatic carbocycles. The Balaban J connectivity index is 1.74. The molecule has 4 nitrogen and oxygen atoms in total. The van der Waals surface area contributed by atoms with Crippen LogP contribution in [-0.2, 0) is 6.61 Å². The second-order valence-corrected chi connectivity index (χ2v) is 5.73. The molecule has 2 aromatic rings. The fourth-order valence-corrected chi connectivity index (χ4v) is 2.89. The Kier molecular flexibility index (Phi) is 3.57. The van der Waals surface area contributed by atoms with Gasteiger partial charge in [-0.3, -0.25) is 0 Å². The van der Waals surface area contributed by atoms with E-state index in [0.717, 1.165) is 28.4 Å². The van der Waals surface area contributed by atoms with Gasteiger partial charge >= 0.3 is 0 Å². The first-order chi connectivity index (χ1) is 9.81. The molecule has 1 aromatic heterocycles. The van der Waals surface area contributed by atoms with Crippen molar-refractivity contribution < 1.29 is 9.47 Å². The van der Waals surface area contributed by atoms with Crippen LogP contribution in [0.5, 0.6) is 11.5 Å². The lowest BCUT2D eigenvalue weighted by Crippen LogP contribution is -1.97. The average molecular weight is 286 g/mol. The molecule has 1 heterocycles. The number of ether oxygens (including phenoxy) is 2. The van der Waals surface area contributed by atoms with Crippen LogP contribution in [-0.4, -0.2) is 12.1 Å². The molecule has 1 aliphatic rings. The SMILES string of the molecule is COc1ccccc1OCc1nc(C2CC2)c(C#N)s1. The molecule has 0 amide bonds. The summed E-state index contributed by atoms with van der Waals surface area (Å²) in [5.74, 6) is 1.88. The molecule has 3 rings (SSSR count). The van der Waals surface area contributed by atoms with Gasteiger partial charge in [-0.05, 0) is 25.0 Å². The maximum Gasteiger partial charge on any atom is 0.161 e. The molecule has 0 atom stereocenters. The molecule has 0 unspecified atom stereocenters. The normalized spacial score (nSPS) is 13.8. The molecule has 5 heteroatoms. The summed E-state index contributed by atoms with van der Waals surface area (Å²) in [6.07, 6.45) is 2.29. The van der Waals surface area contributed by atoms with Crippen LogP contribution in [0, 0.1) is 11.3 Å². The lowest BCUT2D eigenvalue weighted by molar-refractivity contribution is 0.284. The van der Waals surface area contributed by atoms with Crippen molar-refractivity contribution in [1.29, 1.82) is 5.26 Å². The fourth-order valence-electron chi connectivity index (χ4n) is 2.03. The zero-order valence-electron chi connectivity index (χ0n) is 11.1. The summed E-state index contributed by atoms with van der Waals surface area (Å²) in [5.41, 5.74) is 0.955. The van der Waals surface area contributed by atoms with E-state index in [9.17, 15) is 0 Å². The van der Waals surface area contributed by atoms with E-state index < -0.39 is 0 Å². The number of para-hydroxylation sites is 2. The van der Waals surface area contributed by atoms with Gasteiger partial charge in [-0.1, -0.05) is 12.1 Å². The Bertz CT molecular complexity index is 656. The Morgan fingerprint density at radius 1 is 1.35 bits per heavy atom. The molecule has 0 radical (unpaired) electrons. The molecule has 1 fully saturated rings. The highest BCUT2D eigenvalue weighted by Gasteiger charge is 2.29. The lowest BCUT2D eigenvalue weighted by Gasteiger charge is -2.08. The van der Waals surface area contributed by atoms with Gasteiger partial charge in [-0.25, -0.2) is 4.98 Å². The number of benzene rings is 1. The van der Waals surface area contributed by atoms with E-state index >= 15 is 0 Å². The van der Waals surface area contributed by atoms with Gasteiger partial charge in [0.05, 0.1) is 12.8 Å². The average Bonchev–Trinajstić information content (AvgIpc) is 3.25. The molecule has 1 saturated carbocycles. The number of methoxy groups -OCH3 is 1.